The average molecular weight is 347 g/mol. The van der Waals surface area contributed by atoms with Crippen LogP contribution < -0.4 is 5.32 Å². The molecule has 3 rings (SSSR count). The highest BCUT2D eigenvalue weighted by Gasteiger charge is 2.31. The van der Waals surface area contributed by atoms with E-state index in [2.05, 4.69) is 15.5 Å². The number of rotatable bonds is 3. The van der Waals surface area contributed by atoms with Crippen LogP contribution in [0.2, 0.25) is 0 Å². The number of nitrogens with one attached hydrogen (secondary N) is 1. The Balaban J connectivity index is 1.82. The zero-order chi connectivity index (χ0) is 18.0. The third-order valence-electron chi connectivity index (χ3n) is 3.35. The molecule has 0 saturated carbocycles. The molecule has 0 radical (unpaired) electrons. The lowest BCUT2D eigenvalue weighted by atomic mass is 10.1. The number of nitrogens with zero attached hydrogens (tertiary/aromatic N) is 2. The van der Waals surface area contributed by atoms with Gasteiger partial charge in [-0.2, -0.15) is 13.2 Å². The van der Waals surface area contributed by atoms with E-state index in [9.17, 15) is 18.0 Å². The molecule has 0 spiro atoms. The largest absolute Gasteiger partial charge is 0.416 e. The molecule has 0 bridgehead atoms. The number of carbonyl (C=O) groups is 1. The molecule has 5 nitrogen and oxygen atoms in total. The summed E-state index contributed by atoms with van der Waals surface area (Å²) in [6.07, 6.45) is -1.37. The maximum absolute atomic E-state index is 12.9. The van der Waals surface area contributed by atoms with Gasteiger partial charge in [-0.3, -0.25) is 9.78 Å². The Bertz CT molecular complexity index is 905. The van der Waals surface area contributed by atoms with E-state index in [1.165, 1.54) is 19.1 Å². The lowest BCUT2D eigenvalue weighted by Crippen LogP contribution is -2.13. The van der Waals surface area contributed by atoms with Gasteiger partial charge in [0.15, 0.2) is 11.5 Å². The fraction of sp³-hybridized carbons (Fsp3) is 0.118. The summed E-state index contributed by atoms with van der Waals surface area (Å²) in [6.45, 7) is 1.52. The van der Waals surface area contributed by atoms with E-state index in [1.54, 1.807) is 24.5 Å². The van der Waals surface area contributed by atoms with Crippen molar-refractivity contribution in [1.82, 2.24) is 10.1 Å². The number of hydrogen-bond donors (Lipinski definition) is 1. The summed E-state index contributed by atoms with van der Waals surface area (Å²) < 4.78 is 43.6. The number of amides is 1. The molecule has 25 heavy (non-hydrogen) atoms. The lowest BCUT2D eigenvalue weighted by Gasteiger charge is -2.11. The zero-order valence-corrected chi connectivity index (χ0v) is 13.0. The van der Waals surface area contributed by atoms with Crippen molar-refractivity contribution in [3.63, 3.8) is 0 Å². The minimum atomic E-state index is -4.49. The quantitative estimate of drug-likeness (QED) is 0.766. The van der Waals surface area contributed by atoms with Crippen LogP contribution in [0.5, 0.6) is 0 Å². The molecule has 0 aliphatic heterocycles. The average Bonchev–Trinajstić information content (AvgIpc) is 3.04. The van der Waals surface area contributed by atoms with Crippen molar-refractivity contribution in [2.75, 3.05) is 5.32 Å². The molecule has 2 aromatic heterocycles. The summed E-state index contributed by atoms with van der Waals surface area (Å²) in [6, 6.07) is 8.13. The van der Waals surface area contributed by atoms with Crippen LogP contribution in [0.25, 0.3) is 11.3 Å². The highest BCUT2D eigenvalue weighted by atomic mass is 19.4. The zero-order valence-electron chi connectivity index (χ0n) is 13.0. The van der Waals surface area contributed by atoms with Crippen molar-refractivity contribution >= 4 is 11.6 Å². The van der Waals surface area contributed by atoms with Crippen molar-refractivity contribution in [3.8, 4) is 11.3 Å². The number of alkyl halides is 3. The van der Waals surface area contributed by atoms with Gasteiger partial charge in [0.25, 0.3) is 5.91 Å². The fourth-order valence-electron chi connectivity index (χ4n) is 2.24. The number of aryl methyl sites for hydroxylation is 1. The Morgan fingerprint density at radius 3 is 2.68 bits per heavy atom. The predicted molar refractivity (Wildman–Crippen MR) is 83.9 cm³/mol. The van der Waals surface area contributed by atoms with Crippen molar-refractivity contribution in [3.05, 3.63) is 65.6 Å². The summed E-state index contributed by atoms with van der Waals surface area (Å²) in [5.74, 6) is -0.337. The van der Waals surface area contributed by atoms with Gasteiger partial charge in [0.2, 0.25) is 0 Å². The first-order valence-corrected chi connectivity index (χ1v) is 7.20. The van der Waals surface area contributed by atoms with E-state index in [0.29, 0.717) is 16.9 Å². The Labute approximate surface area is 140 Å². The first-order valence-electron chi connectivity index (χ1n) is 7.20. The highest BCUT2D eigenvalue weighted by Crippen LogP contribution is 2.32. The third-order valence-corrected chi connectivity index (χ3v) is 3.35. The Kier molecular flexibility index (Phi) is 4.26. The van der Waals surface area contributed by atoms with Gasteiger partial charge in [-0.05, 0) is 42.8 Å². The van der Waals surface area contributed by atoms with Crippen LogP contribution in [0.15, 0.2) is 53.3 Å². The SMILES string of the molecule is Cc1cc(NC(=O)c2cc(-c3cccnc3)on2)cc(C(F)(F)F)c1. The van der Waals surface area contributed by atoms with Gasteiger partial charge in [0.1, 0.15) is 0 Å². The molecule has 1 aromatic carbocycles. The van der Waals surface area contributed by atoms with Crippen LogP contribution in [0.4, 0.5) is 18.9 Å². The van der Waals surface area contributed by atoms with Gasteiger partial charge in [-0.25, -0.2) is 0 Å². The van der Waals surface area contributed by atoms with Gasteiger partial charge < -0.3 is 9.84 Å². The number of halogens is 3. The standard InChI is InChI=1S/C17H12F3N3O2/c1-10-5-12(17(18,19)20)7-13(6-10)22-16(24)14-8-15(25-23-14)11-3-2-4-21-9-11/h2-9H,1H3,(H,22,24). The first-order chi connectivity index (χ1) is 11.8. The molecule has 0 unspecified atom stereocenters. The van der Waals surface area contributed by atoms with Crippen LogP contribution in [0, 0.1) is 6.92 Å². The van der Waals surface area contributed by atoms with Crippen LogP contribution in [-0.2, 0) is 6.18 Å². The third kappa shape index (κ3) is 3.85. The molecule has 0 saturated heterocycles. The smallest absolute Gasteiger partial charge is 0.355 e. The van der Waals surface area contributed by atoms with Gasteiger partial charge in [0.05, 0.1) is 5.56 Å². The van der Waals surface area contributed by atoms with E-state index in [0.717, 1.165) is 12.1 Å². The van der Waals surface area contributed by atoms with Crippen molar-refractivity contribution in [1.29, 1.82) is 0 Å². The molecule has 8 heteroatoms. The summed E-state index contributed by atoms with van der Waals surface area (Å²) in [7, 11) is 0. The van der Waals surface area contributed by atoms with E-state index < -0.39 is 17.6 Å². The molecule has 1 amide bonds. The Morgan fingerprint density at radius 1 is 1.20 bits per heavy atom. The monoisotopic (exact) mass is 347 g/mol. The minimum absolute atomic E-state index is 0.0308. The summed E-state index contributed by atoms with van der Waals surface area (Å²) in [5.41, 5.74) is 0.154. The number of anilines is 1. The lowest BCUT2D eigenvalue weighted by molar-refractivity contribution is -0.137. The van der Waals surface area contributed by atoms with Crippen molar-refractivity contribution in [2.45, 2.75) is 13.1 Å². The molecule has 3 aromatic rings. The second-order valence-corrected chi connectivity index (χ2v) is 5.36. The fourth-order valence-corrected chi connectivity index (χ4v) is 2.24. The second-order valence-electron chi connectivity index (χ2n) is 5.36. The van der Waals surface area contributed by atoms with E-state index in [1.807, 2.05) is 0 Å². The van der Waals surface area contributed by atoms with E-state index in [-0.39, 0.29) is 11.4 Å². The van der Waals surface area contributed by atoms with Gasteiger partial charge in [-0.1, -0.05) is 5.16 Å². The number of carbonyl (C=O) groups excluding carboxylic acids is 1. The molecule has 0 fully saturated rings. The topological polar surface area (TPSA) is 68.0 Å². The van der Waals surface area contributed by atoms with Crippen LogP contribution in [0.1, 0.15) is 21.6 Å². The molecule has 0 atom stereocenters. The number of pyridine rings is 1. The van der Waals surface area contributed by atoms with E-state index >= 15 is 0 Å². The Hall–Kier alpha value is -3.16. The van der Waals surface area contributed by atoms with Gasteiger partial charge in [-0.15, -0.1) is 0 Å². The Morgan fingerprint density at radius 2 is 2.00 bits per heavy atom. The molecular formula is C17H12F3N3O2. The molecule has 2 heterocycles. The summed E-state index contributed by atoms with van der Waals surface area (Å²) in [4.78, 5) is 16.1. The molecule has 1 N–H and O–H groups in total. The van der Waals surface area contributed by atoms with Crippen LogP contribution in [0.3, 0.4) is 0 Å². The summed E-state index contributed by atoms with van der Waals surface area (Å²) in [5, 5.41) is 6.04. The van der Waals surface area contributed by atoms with E-state index in [4.69, 9.17) is 4.52 Å². The van der Waals surface area contributed by atoms with Gasteiger partial charge >= 0.3 is 6.18 Å². The first kappa shape index (κ1) is 16.7. The van der Waals surface area contributed by atoms with Crippen molar-refractivity contribution in [2.24, 2.45) is 0 Å². The number of benzene rings is 1. The normalized spacial score (nSPS) is 11.4. The maximum atomic E-state index is 12.9. The number of hydrogen-bond acceptors (Lipinski definition) is 4. The van der Waals surface area contributed by atoms with Gasteiger partial charge in [0, 0.05) is 29.7 Å². The van der Waals surface area contributed by atoms with Crippen LogP contribution in [-0.4, -0.2) is 16.0 Å². The highest BCUT2D eigenvalue weighted by molar-refractivity contribution is 6.03. The maximum Gasteiger partial charge on any atom is 0.416 e. The molecule has 128 valence electrons. The minimum Gasteiger partial charge on any atom is -0.355 e. The van der Waals surface area contributed by atoms with Crippen LogP contribution >= 0.6 is 0 Å². The molecule has 0 aliphatic carbocycles. The second kappa shape index (κ2) is 6.39. The predicted octanol–water partition coefficient (Wildman–Crippen LogP) is 4.32. The summed E-state index contributed by atoms with van der Waals surface area (Å²) >= 11 is 0. The molecular weight excluding hydrogens is 335 g/mol. The number of aromatic nitrogens is 2. The molecule has 0 aliphatic rings. The van der Waals surface area contributed by atoms with Crippen molar-refractivity contribution < 1.29 is 22.5 Å².